The average molecular weight is 485 g/mol. The zero-order valence-electron chi connectivity index (χ0n) is 18.7. The van der Waals surface area contributed by atoms with Crippen LogP contribution in [0.5, 0.6) is 11.5 Å². The first kappa shape index (κ1) is 22.4. The summed E-state index contributed by atoms with van der Waals surface area (Å²) in [6.07, 6.45) is 1.77. The molecule has 0 aliphatic rings. The summed E-state index contributed by atoms with van der Waals surface area (Å²) in [7, 11) is 1.47. The third-order valence-corrected chi connectivity index (χ3v) is 6.36. The van der Waals surface area contributed by atoms with Crippen LogP contribution in [0.1, 0.15) is 5.56 Å². The molecule has 0 aliphatic heterocycles. The molecule has 5 rings (SSSR count). The second-order valence-corrected chi connectivity index (χ2v) is 8.68. The number of hydrogen-bond donors (Lipinski definition) is 1. The molecule has 35 heavy (non-hydrogen) atoms. The molecule has 0 radical (unpaired) electrons. The summed E-state index contributed by atoms with van der Waals surface area (Å²) in [4.78, 5) is 29.8. The van der Waals surface area contributed by atoms with E-state index in [-0.39, 0.29) is 5.56 Å². The van der Waals surface area contributed by atoms with Crippen molar-refractivity contribution in [2.45, 2.75) is 0 Å². The summed E-state index contributed by atoms with van der Waals surface area (Å²) in [5.41, 5.74) is 3.91. The van der Waals surface area contributed by atoms with E-state index in [1.165, 1.54) is 18.4 Å². The topological polar surface area (TPSA) is 90.1 Å². The Morgan fingerprint density at radius 1 is 1.00 bits per heavy atom. The largest absolute Gasteiger partial charge is 0.493 e. The SMILES string of the molecule is COc1cc(C=c2sc3nc(-c4ccccc4)c(-c4ccccc4)n3c2=O)ccc1OCC(=O)O. The van der Waals surface area contributed by atoms with E-state index in [2.05, 4.69) is 0 Å². The van der Waals surface area contributed by atoms with Gasteiger partial charge in [0.2, 0.25) is 0 Å². The van der Waals surface area contributed by atoms with Gasteiger partial charge in [-0.3, -0.25) is 4.79 Å². The minimum atomic E-state index is -1.08. The van der Waals surface area contributed by atoms with E-state index in [1.54, 1.807) is 28.7 Å². The first-order valence-corrected chi connectivity index (χ1v) is 11.6. The maximum atomic E-state index is 13.6. The van der Waals surface area contributed by atoms with Crippen LogP contribution in [0.2, 0.25) is 0 Å². The molecule has 174 valence electrons. The zero-order chi connectivity index (χ0) is 24.4. The molecule has 0 fully saturated rings. The van der Waals surface area contributed by atoms with Gasteiger partial charge in [0.1, 0.15) is 0 Å². The van der Waals surface area contributed by atoms with Crippen molar-refractivity contribution in [3.05, 3.63) is 99.3 Å². The molecular formula is C27H20N2O5S. The summed E-state index contributed by atoms with van der Waals surface area (Å²) >= 11 is 1.31. The van der Waals surface area contributed by atoms with E-state index in [9.17, 15) is 9.59 Å². The van der Waals surface area contributed by atoms with Crippen LogP contribution >= 0.6 is 11.3 Å². The van der Waals surface area contributed by atoms with E-state index in [4.69, 9.17) is 19.6 Å². The smallest absolute Gasteiger partial charge is 0.341 e. The van der Waals surface area contributed by atoms with Crippen molar-refractivity contribution < 1.29 is 19.4 Å². The van der Waals surface area contributed by atoms with Crippen molar-refractivity contribution >= 4 is 28.3 Å². The van der Waals surface area contributed by atoms with Gasteiger partial charge in [-0.05, 0) is 23.8 Å². The lowest BCUT2D eigenvalue weighted by Crippen LogP contribution is -2.23. The van der Waals surface area contributed by atoms with Crippen molar-refractivity contribution in [1.29, 1.82) is 0 Å². The van der Waals surface area contributed by atoms with Gasteiger partial charge in [-0.2, -0.15) is 0 Å². The summed E-state index contributed by atoms with van der Waals surface area (Å²) < 4.78 is 12.8. The molecule has 0 amide bonds. The third-order valence-electron chi connectivity index (χ3n) is 5.39. The normalized spacial score (nSPS) is 11.6. The highest BCUT2D eigenvalue weighted by Crippen LogP contribution is 2.32. The van der Waals surface area contributed by atoms with E-state index in [0.717, 1.165) is 28.1 Å². The molecule has 1 N–H and O–H groups in total. The van der Waals surface area contributed by atoms with Gasteiger partial charge in [0.05, 0.1) is 23.0 Å². The predicted molar refractivity (Wildman–Crippen MR) is 135 cm³/mol. The summed E-state index contributed by atoms with van der Waals surface area (Å²) in [6.45, 7) is -0.474. The van der Waals surface area contributed by atoms with Crippen LogP contribution in [0.4, 0.5) is 0 Å². The Morgan fingerprint density at radius 2 is 1.69 bits per heavy atom. The summed E-state index contributed by atoms with van der Waals surface area (Å²) in [6, 6.07) is 24.6. The molecule has 5 aromatic rings. The van der Waals surface area contributed by atoms with Crippen molar-refractivity contribution in [3.8, 4) is 34.0 Å². The molecule has 2 heterocycles. The summed E-state index contributed by atoms with van der Waals surface area (Å²) in [5.74, 6) is -0.385. The molecule has 0 unspecified atom stereocenters. The maximum Gasteiger partial charge on any atom is 0.341 e. The van der Waals surface area contributed by atoms with Crippen LogP contribution < -0.4 is 19.6 Å². The van der Waals surface area contributed by atoms with Gasteiger partial charge >= 0.3 is 5.97 Å². The lowest BCUT2D eigenvalue weighted by Gasteiger charge is -2.09. The monoisotopic (exact) mass is 484 g/mol. The quantitative estimate of drug-likeness (QED) is 0.374. The zero-order valence-corrected chi connectivity index (χ0v) is 19.5. The van der Waals surface area contributed by atoms with Crippen LogP contribution in [-0.2, 0) is 4.79 Å². The Kier molecular flexibility index (Phi) is 6.03. The number of thiazole rings is 1. The van der Waals surface area contributed by atoms with E-state index < -0.39 is 12.6 Å². The van der Waals surface area contributed by atoms with Gasteiger partial charge in [-0.15, -0.1) is 0 Å². The van der Waals surface area contributed by atoms with Crippen LogP contribution in [-0.4, -0.2) is 34.2 Å². The van der Waals surface area contributed by atoms with Crippen molar-refractivity contribution in [2.75, 3.05) is 13.7 Å². The number of carbonyl (C=O) groups is 1. The number of fused-ring (bicyclic) bond motifs is 1. The fraction of sp³-hybridized carbons (Fsp3) is 0.0741. The molecule has 0 bridgehead atoms. The van der Waals surface area contributed by atoms with Crippen LogP contribution in [0.3, 0.4) is 0 Å². The van der Waals surface area contributed by atoms with Gasteiger partial charge in [0.25, 0.3) is 5.56 Å². The fourth-order valence-electron chi connectivity index (χ4n) is 3.84. The molecule has 0 saturated heterocycles. The number of nitrogens with zero attached hydrogens (tertiary/aromatic N) is 2. The number of aromatic nitrogens is 2. The standard InChI is InChI=1S/C27H20N2O5S/c1-33-21-14-17(12-13-20(21)34-16-23(30)31)15-22-26(32)29-25(19-10-6-3-7-11-19)24(28-27(29)35-22)18-8-4-2-5-9-18/h2-15H,16H2,1H3,(H,30,31). The number of methoxy groups -OCH3 is 1. The Morgan fingerprint density at radius 3 is 2.34 bits per heavy atom. The van der Waals surface area contributed by atoms with Crippen LogP contribution in [0.15, 0.2) is 83.7 Å². The number of carboxylic acid groups (broad SMARTS) is 1. The number of ether oxygens (including phenoxy) is 2. The fourth-order valence-corrected chi connectivity index (χ4v) is 4.82. The highest BCUT2D eigenvalue weighted by atomic mass is 32.1. The number of carboxylic acids is 1. The Hall–Kier alpha value is -4.43. The second-order valence-electron chi connectivity index (χ2n) is 7.67. The number of rotatable bonds is 7. The van der Waals surface area contributed by atoms with Crippen molar-refractivity contribution in [3.63, 3.8) is 0 Å². The molecule has 2 aromatic heterocycles. The Labute approximate surface area is 204 Å². The van der Waals surface area contributed by atoms with Gasteiger partial charge in [0.15, 0.2) is 23.1 Å². The Bertz CT molecular complexity index is 1630. The van der Waals surface area contributed by atoms with Crippen molar-refractivity contribution in [1.82, 2.24) is 9.38 Å². The van der Waals surface area contributed by atoms with E-state index in [1.807, 2.05) is 60.7 Å². The van der Waals surface area contributed by atoms with Crippen molar-refractivity contribution in [2.24, 2.45) is 0 Å². The molecule has 0 aliphatic carbocycles. The highest BCUT2D eigenvalue weighted by molar-refractivity contribution is 7.15. The van der Waals surface area contributed by atoms with Gasteiger partial charge in [0, 0.05) is 11.1 Å². The molecule has 7 nitrogen and oxygen atoms in total. The van der Waals surface area contributed by atoms with Gasteiger partial charge < -0.3 is 14.6 Å². The average Bonchev–Trinajstić information content (AvgIpc) is 3.40. The number of aliphatic carboxylic acids is 1. The highest BCUT2D eigenvalue weighted by Gasteiger charge is 2.20. The minimum absolute atomic E-state index is 0.163. The number of benzene rings is 3. The third kappa shape index (κ3) is 4.39. The molecule has 0 spiro atoms. The second kappa shape index (κ2) is 9.44. The number of imidazole rings is 1. The van der Waals surface area contributed by atoms with Crippen LogP contribution in [0, 0.1) is 0 Å². The number of hydrogen-bond acceptors (Lipinski definition) is 6. The lowest BCUT2D eigenvalue weighted by molar-refractivity contribution is -0.139. The molecule has 0 atom stereocenters. The van der Waals surface area contributed by atoms with E-state index >= 15 is 0 Å². The minimum Gasteiger partial charge on any atom is -0.493 e. The van der Waals surface area contributed by atoms with Gasteiger partial charge in [-0.1, -0.05) is 78.1 Å². The maximum absolute atomic E-state index is 13.6. The first-order chi connectivity index (χ1) is 17.0. The molecule has 3 aromatic carbocycles. The lowest BCUT2D eigenvalue weighted by atomic mass is 10.1. The molecular weight excluding hydrogens is 464 g/mol. The van der Waals surface area contributed by atoms with E-state index in [0.29, 0.717) is 21.0 Å². The van der Waals surface area contributed by atoms with Crippen LogP contribution in [0.25, 0.3) is 33.6 Å². The predicted octanol–water partition coefficient (Wildman–Crippen LogP) is 4.11. The van der Waals surface area contributed by atoms with Gasteiger partial charge in [-0.25, -0.2) is 14.2 Å². The first-order valence-electron chi connectivity index (χ1n) is 10.8. The molecule has 8 heteroatoms. The summed E-state index contributed by atoms with van der Waals surface area (Å²) in [5, 5.41) is 8.85. The molecule has 0 saturated carbocycles. The Balaban J connectivity index is 1.65.